The molecule has 1 unspecified atom stereocenters. The third-order valence-electron chi connectivity index (χ3n) is 2.65. The summed E-state index contributed by atoms with van der Waals surface area (Å²) in [6.45, 7) is 15.1. The molecule has 0 aromatic rings. The van der Waals surface area contributed by atoms with Crippen LogP contribution >= 0.6 is 0 Å². The Morgan fingerprint density at radius 2 is 1.56 bits per heavy atom. The van der Waals surface area contributed by atoms with Crippen molar-refractivity contribution >= 4 is 6.09 Å². The van der Waals surface area contributed by atoms with Gasteiger partial charge in [0.05, 0.1) is 0 Å². The highest BCUT2D eigenvalue weighted by molar-refractivity contribution is 5.68. The van der Waals surface area contributed by atoms with Crippen molar-refractivity contribution in [3.05, 3.63) is 0 Å². The van der Waals surface area contributed by atoms with Crippen LogP contribution in [0.3, 0.4) is 0 Å². The highest BCUT2D eigenvalue weighted by Crippen LogP contribution is 2.11. The summed E-state index contributed by atoms with van der Waals surface area (Å²) in [6, 6.07) is 0.189. The van der Waals surface area contributed by atoms with Gasteiger partial charge in [0, 0.05) is 12.6 Å². The Labute approximate surface area is 100 Å². The maximum Gasteiger partial charge on any atom is 0.410 e. The summed E-state index contributed by atoms with van der Waals surface area (Å²) < 4.78 is 5.42. The number of hydrogen-bond donors (Lipinski definition) is 0. The topological polar surface area (TPSA) is 29.5 Å². The Morgan fingerprint density at radius 1 is 1.06 bits per heavy atom. The van der Waals surface area contributed by atoms with E-state index in [4.69, 9.17) is 4.74 Å². The van der Waals surface area contributed by atoms with Crippen LogP contribution in [0.1, 0.15) is 48.5 Å². The molecule has 0 radical (unpaired) electrons. The fourth-order valence-corrected chi connectivity index (χ4v) is 1.25. The van der Waals surface area contributed by atoms with E-state index in [2.05, 4.69) is 27.7 Å². The van der Waals surface area contributed by atoms with Crippen molar-refractivity contribution in [1.29, 1.82) is 0 Å². The molecule has 1 amide bonds. The van der Waals surface area contributed by atoms with Crippen molar-refractivity contribution in [2.75, 3.05) is 6.54 Å². The van der Waals surface area contributed by atoms with E-state index >= 15 is 0 Å². The van der Waals surface area contributed by atoms with Crippen molar-refractivity contribution < 1.29 is 9.53 Å². The van der Waals surface area contributed by atoms with Crippen molar-refractivity contribution in [3.8, 4) is 0 Å². The first-order valence-corrected chi connectivity index (χ1v) is 6.23. The van der Waals surface area contributed by atoms with Crippen LogP contribution in [-0.2, 0) is 4.74 Å². The molecule has 0 saturated carbocycles. The molecule has 0 saturated heterocycles. The maximum atomic E-state index is 11.9. The molecule has 3 heteroatoms. The largest absolute Gasteiger partial charge is 0.446 e. The van der Waals surface area contributed by atoms with Crippen molar-refractivity contribution in [3.63, 3.8) is 0 Å². The van der Waals surface area contributed by atoms with Crippen LogP contribution in [0.4, 0.5) is 4.79 Å². The monoisotopic (exact) mass is 229 g/mol. The molecule has 16 heavy (non-hydrogen) atoms. The SMILES string of the molecule is CC(C)CN(C(=O)OC(C)C(C)C)C(C)C. The smallest absolute Gasteiger partial charge is 0.410 e. The Bertz CT molecular complexity index is 212. The van der Waals surface area contributed by atoms with Crippen LogP contribution in [0.5, 0.6) is 0 Å². The molecule has 0 heterocycles. The van der Waals surface area contributed by atoms with Gasteiger partial charge < -0.3 is 9.64 Å². The predicted octanol–water partition coefficient (Wildman–Crippen LogP) is 3.53. The number of amides is 1. The quantitative estimate of drug-likeness (QED) is 0.721. The van der Waals surface area contributed by atoms with Gasteiger partial charge >= 0.3 is 6.09 Å². The van der Waals surface area contributed by atoms with Crippen molar-refractivity contribution in [2.45, 2.75) is 60.6 Å². The molecule has 0 bridgehead atoms. The van der Waals surface area contributed by atoms with Gasteiger partial charge in [-0.3, -0.25) is 0 Å². The minimum atomic E-state index is -0.190. The molecule has 0 fully saturated rings. The van der Waals surface area contributed by atoms with E-state index in [1.807, 2.05) is 20.8 Å². The summed E-state index contributed by atoms with van der Waals surface area (Å²) in [5.74, 6) is 0.821. The van der Waals surface area contributed by atoms with Crippen LogP contribution in [0.15, 0.2) is 0 Å². The van der Waals surface area contributed by atoms with Crippen LogP contribution in [-0.4, -0.2) is 29.7 Å². The van der Waals surface area contributed by atoms with E-state index in [0.29, 0.717) is 11.8 Å². The fraction of sp³-hybridized carbons (Fsp3) is 0.923. The Hall–Kier alpha value is -0.730. The zero-order valence-corrected chi connectivity index (χ0v) is 11.8. The lowest BCUT2D eigenvalue weighted by Crippen LogP contribution is -2.41. The highest BCUT2D eigenvalue weighted by atomic mass is 16.6. The number of carbonyl (C=O) groups is 1. The van der Waals surface area contributed by atoms with Gasteiger partial charge in [-0.05, 0) is 32.6 Å². The molecule has 0 aromatic heterocycles. The average Bonchev–Trinajstić information content (AvgIpc) is 2.12. The molecule has 96 valence electrons. The van der Waals surface area contributed by atoms with Gasteiger partial charge in [0.15, 0.2) is 0 Å². The van der Waals surface area contributed by atoms with Gasteiger partial charge in [0.2, 0.25) is 0 Å². The number of rotatable bonds is 5. The zero-order chi connectivity index (χ0) is 12.9. The van der Waals surface area contributed by atoms with Gasteiger partial charge in [0.1, 0.15) is 6.10 Å². The first-order valence-electron chi connectivity index (χ1n) is 6.23. The van der Waals surface area contributed by atoms with Crippen molar-refractivity contribution in [1.82, 2.24) is 4.90 Å². The molecule has 0 aromatic carbocycles. The number of hydrogen-bond acceptors (Lipinski definition) is 2. The minimum Gasteiger partial charge on any atom is -0.446 e. The van der Waals surface area contributed by atoms with E-state index in [9.17, 15) is 4.79 Å². The standard InChI is InChI=1S/C13H27NO2/c1-9(2)8-14(11(5)6)13(15)16-12(7)10(3)4/h9-12H,8H2,1-7H3. The van der Waals surface area contributed by atoms with Crippen molar-refractivity contribution in [2.24, 2.45) is 11.8 Å². The van der Waals surface area contributed by atoms with Crippen LogP contribution in [0, 0.1) is 11.8 Å². The van der Waals surface area contributed by atoms with Crippen LogP contribution in [0.25, 0.3) is 0 Å². The summed E-state index contributed by atoms with van der Waals surface area (Å²) in [5.41, 5.74) is 0. The van der Waals surface area contributed by atoms with Crippen LogP contribution in [0.2, 0.25) is 0 Å². The second-order valence-electron chi connectivity index (χ2n) is 5.47. The van der Waals surface area contributed by atoms with Gasteiger partial charge in [-0.15, -0.1) is 0 Å². The van der Waals surface area contributed by atoms with E-state index in [1.165, 1.54) is 0 Å². The van der Waals surface area contributed by atoms with Gasteiger partial charge in [-0.1, -0.05) is 27.7 Å². The van der Waals surface area contributed by atoms with Gasteiger partial charge in [-0.2, -0.15) is 0 Å². The normalized spacial score (nSPS) is 13.4. The van der Waals surface area contributed by atoms with E-state index in [0.717, 1.165) is 6.54 Å². The predicted molar refractivity (Wildman–Crippen MR) is 67.5 cm³/mol. The second kappa shape index (κ2) is 6.77. The molecular formula is C13H27NO2. The third-order valence-corrected chi connectivity index (χ3v) is 2.65. The first-order chi connectivity index (χ1) is 7.25. The number of ether oxygens (including phenoxy) is 1. The minimum absolute atomic E-state index is 0.0269. The second-order valence-corrected chi connectivity index (χ2v) is 5.47. The molecule has 1 atom stereocenters. The Balaban J connectivity index is 4.39. The number of carbonyl (C=O) groups excluding carboxylic acids is 1. The lowest BCUT2D eigenvalue weighted by molar-refractivity contribution is 0.0406. The maximum absolute atomic E-state index is 11.9. The first kappa shape index (κ1) is 15.3. The lowest BCUT2D eigenvalue weighted by Gasteiger charge is -2.29. The molecule has 0 aliphatic rings. The Kier molecular flexibility index (Phi) is 6.46. The molecular weight excluding hydrogens is 202 g/mol. The van der Waals surface area contributed by atoms with E-state index in [-0.39, 0.29) is 18.2 Å². The molecule has 0 rings (SSSR count). The van der Waals surface area contributed by atoms with Gasteiger partial charge in [0.25, 0.3) is 0 Å². The molecule has 0 spiro atoms. The summed E-state index contributed by atoms with van der Waals surface area (Å²) in [4.78, 5) is 13.7. The Morgan fingerprint density at radius 3 is 1.88 bits per heavy atom. The molecule has 0 N–H and O–H groups in total. The van der Waals surface area contributed by atoms with E-state index in [1.54, 1.807) is 4.90 Å². The summed E-state index contributed by atoms with van der Waals surface area (Å²) in [7, 11) is 0. The third kappa shape index (κ3) is 5.38. The summed E-state index contributed by atoms with van der Waals surface area (Å²) in [6.07, 6.45) is -0.217. The average molecular weight is 229 g/mol. The summed E-state index contributed by atoms with van der Waals surface area (Å²) in [5, 5.41) is 0. The molecule has 0 aliphatic heterocycles. The van der Waals surface area contributed by atoms with E-state index < -0.39 is 0 Å². The summed E-state index contributed by atoms with van der Waals surface area (Å²) >= 11 is 0. The molecule has 0 aliphatic carbocycles. The lowest BCUT2D eigenvalue weighted by atomic mass is 10.1. The van der Waals surface area contributed by atoms with Crippen LogP contribution < -0.4 is 0 Å². The fourth-order valence-electron chi connectivity index (χ4n) is 1.25. The highest BCUT2D eigenvalue weighted by Gasteiger charge is 2.22. The zero-order valence-electron chi connectivity index (χ0n) is 11.8. The van der Waals surface area contributed by atoms with Gasteiger partial charge in [-0.25, -0.2) is 4.79 Å². The molecule has 3 nitrogen and oxygen atoms in total. The number of nitrogens with zero attached hydrogens (tertiary/aromatic N) is 1.